The molecule has 0 saturated heterocycles. The van der Waals surface area contributed by atoms with Crippen molar-refractivity contribution in [2.45, 2.75) is 66.0 Å². The molecule has 0 saturated carbocycles. The van der Waals surface area contributed by atoms with Gasteiger partial charge in [-0.15, -0.1) is 0 Å². The summed E-state index contributed by atoms with van der Waals surface area (Å²) in [4.78, 5) is 0. The van der Waals surface area contributed by atoms with Crippen LogP contribution in [0.5, 0.6) is 0 Å². The van der Waals surface area contributed by atoms with Gasteiger partial charge in [-0.05, 0) is 5.56 Å². The van der Waals surface area contributed by atoms with Gasteiger partial charge in [0.05, 0.1) is 0 Å². The van der Waals surface area contributed by atoms with Crippen LogP contribution >= 0.6 is 0 Å². The zero-order chi connectivity index (χ0) is 31.7. The maximum absolute atomic E-state index is 14.1. The van der Waals surface area contributed by atoms with Crippen LogP contribution in [0.15, 0.2) is 24.3 Å². The predicted molar refractivity (Wildman–Crippen MR) is 83.9 cm³/mol. The fraction of sp³-hybridized carbons (Fsp3) is 0.647. The van der Waals surface area contributed by atoms with Gasteiger partial charge in [0.2, 0.25) is 0 Å². The molecule has 1 aromatic carbocycles. The molecular weight excluding hydrogens is 617 g/mol. The van der Waals surface area contributed by atoms with Crippen LogP contribution in [0.2, 0.25) is 0 Å². The third-order valence-electron chi connectivity index (χ3n) is 5.06. The highest BCUT2D eigenvalue weighted by molar-refractivity contribution is 5.29. The van der Waals surface area contributed by atoms with Gasteiger partial charge in [-0.3, -0.25) is 0 Å². The molecule has 1 aromatic rings. The van der Waals surface area contributed by atoms with Crippen molar-refractivity contribution in [2.75, 3.05) is 0 Å². The van der Waals surface area contributed by atoms with E-state index >= 15 is 0 Å². The second kappa shape index (κ2) is 9.11. The molecule has 0 radical (unpaired) electrons. The Bertz CT molecular complexity index is 1020. The zero-order valence-corrected chi connectivity index (χ0v) is 17.5. The van der Waals surface area contributed by atoms with E-state index in [1.807, 2.05) is 0 Å². The van der Waals surface area contributed by atoms with Crippen molar-refractivity contribution >= 4 is 0 Å². The molecule has 0 unspecified atom stereocenters. The highest BCUT2D eigenvalue weighted by atomic mass is 19.4. The maximum Gasteiger partial charge on any atom is 0.460 e. The van der Waals surface area contributed by atoms with Gasteiger partial charge in [-0.25, -0.2) is 0 Å². The lowest BCUT2D eigenvalue weighted by atomic mass is 9.85. The second-order valence-electron chi connectivity index (χ2n) is 7.57. The smallest absolute Gasteiger partial charge is 0.326 e. The van der Waals surface area contributed by atoms with Crippen molar-refractivity contribution in [1.82, 2.24) is 0 Å². The lowest BCUT2D eigenvalue weighted by Crippen LogP contribution is -2.76. The van der Waals surface area contributed by atoms with E-state index in [-0.39, 0.29) is 17.7 Å². The van der Waals surface area contributed by atoms with Gasteiger partial charge in [-0.1, -0.05) is 24.3 Å². The van der Waals surface area contributed by atoms with Gasteiger partial charge < -0.3 is 5.73 Å². The Morgan fingerprint density at radius 3 is 0.897 bits per heavy atom. The molecule has 0 spiro atoms. The number of benzene rings is 1. The van der Waals surface area contributed by atoms with E-state index in [1.54, 1.807) is 0 Å². The summed E-state index contributed by atoms with van der Waals surface area (Å²) in [6.07, 6.45) is -8.01. The monoisotopic (exact) mass is 625 g/mol. The Balaban J connectivity index is 3.80. The van der Waals surface area contributed by atoms with E-state index in [4.69, 9.17) is 5.73 Å². The first kappa shape index (κ1) is 34.7. The highest BCUT2D eigenvalue weighted by Crippen LogP contribution is 2.66. The van der Waals surface area contributed by atoms with Crippen LogP contribution < -0.4 is 5.73 Å². The van der Waals surface area contributed by atoms with Crippen LogP contribution in [0.3, 0.4) is 0 Å². The zero-order valence-electron chi connectivity index (χ0n) is 17.5. The van der Waals surface area contributed by atoms with Gasteiger partial charge in [0, 0.05) is 12.1 Å². The van der Waals surface area contributed by atoms with Crippen molar-refractivity contribution < 1.29 is 92.2 Å². The Morgan fingerprint density at radius 1 is 0.385 bits per heavy atom. The molecule has 0 bridgehead atoms. The largest absolute Gasteiger partial charge is 0.460 e. The summed E-state index contributed by atoms with van der Waals surface area (Å²) >= 11 is 0. The lowest BCUT2D eigenvalue weighted by Gasteiger charge is -2.44. The molecule has 22 heteroatoms. The van der Waals surface area contributed by atoms with Gasteiger partial charge in [0.15, 0.2) is 0 Å². The molecule has 0 fully saturated rings. The summed E-state index contributed by atoms with van der Waals surface area (Å²) in [5.41, 5.74) is 2.32. The summed E-state index contributed by atoms with van der Waals surface area (Å²) in [7, 11) is 0. The quantitative estimate of drug-likeness (QED) is 0.263. The van der Waals surface area contributed by atoms with Gasteiger partial charge >= 0.3 is 59.5 Å². The van der Waals surface area contributed by atoms with E-state index in [0.717, 1.165) is 0 Å². The second-order valence-corrected chi connectivity index (χ2v) is 7.57. The normalized spacial score (nSPS) is 16.1. The SMILES string of the molecule is NCc1ccc(C(F)(F)C(F)(F)C(F)(F)C(F)(F)C(F)(F)C(F)(F)C(F)(F)C(F)(F)C(F)(F)C(F)(F)F)cc1. The van der Waals surface area contributed by atoms with Gasteiger partial charge in [0.25, 0.3) is 0 Å². The van der Waals surface area contributed by atoms with Crippen LogP contribution in [-0.4, -0.2) is 53.6 Å². The predicted octanol–water partition coefficient (Wildman–Crippen LogP) is 7.88. The van der Waals surface area contributed by atoms with E-state index in [2.05, 4.69) is 0 Å². The third-order valence-corrected chi connectivity index (χ3v) is 5.06. The van der Waals surface area contributed by atoms with Crippen molar-refractivity contribution in [2.24, 2.45) is 5.73 Å². The molecular formula is C17H8F21N. The van der Waals surface area contributed by atoms with Crippen LogP contribution in [0.4, 0.5) is 92.2 Å². The maximum atomic E-state index is 14.1. The molecule has 39 heavy (non-hydrogen) atoms. The summed E-state index contributed by atoms with van der Waals surface area (Å²) in [6.45, 7) is -0.552. The van der Waals surface area contributed by atoms with Crippen molar-refractivity contribution in [3.8, 4) is 0 Å². The van der Waals surface area contributed by atoms with Crippen LogP contribution in [0.1, 0.15) is 11.1 Å². The first-order valence-electron chi connectivity index (χ1n) is 9.05. The molecule has 1 nitrogen and oxygen atoms in total. The van der Waals surface area contributed by atoms with E-state index < -0.39 is 71.6 Å². The van der Waals surface area contributed by atoms with E-state index in [0.29, 0.717) is 12.1 Å². The number of alkyl halides is 21. The minimum absolute atomic E-state index is 0.236. The molecule has 0 aliphatic heterocycles. The number of halogens is 21. The van der Waals surface area contributed by atoms with Crippen molar-refractivity contribution in [1.29, 1.82) is 0 Å². The number of hydrogen-bond donors (Lipinski definition) is 1. The average Bonchev–Trinajstić information content (AvgIpc) is 2.77. The molecule has 2 N–H and O–H groups in total. The molecule has 0 aliphatic rings. The first-order chi connectivity index (χ1) is 16.8. The van der Waals surface area contributed by atoms with E-state index in [1.165, 1.54) is 0 Å². The molecule has 0 aromatic heterocycles. The average molecular weight is 625 g/mol. The Labute approximate surface area is 200 Å². The summed E-state index contributed by atoms with van der Waals surface area (Å²) in [5.74, 6) is -77.1. The summed E-state index contributed by atoms with van der Waals surface area (Å²) in [5, 5.41) is 0. The standard InChI is InChI=1S/C17H8F21N/c18-8(19,7-3-1-6(5-39)2-4-7)9(20,21)10(22,23)11(24,25)12(26,27)13(28,29)14(30,31)15(32,33)16(34,35)17(36,37)38/h1-4H,5,39H2. The molecule has 228 valence electrons. The third kappa shape index (κ3) is 4.34. The molecule has 0 atom stereocenters. The molecule has 0 amide bonds. The fourth-order valence-electron chi connectivity index (χ4n) is 2.59. The van der Waals surface area contributed by atoms with E-state index in [9.17, 15) is 92.2 Å². The topological polar surface area (TPSA) is 26.0 Å². The van der Waals surface area contributed by atoms with Crippen molar-refractivity contribution in [3.63, 3.8) is 0 Å². The minimum atomic E-state index is -9.18. The van der Waals surface area contributed by atoms with Crippen molar-refractivity contribution in [3.05, 3.63) is 35.4 Å². The van der Waals surface area contributed by atoms with Gasteiger partial charge in [-0.2, -0.15) is 92.2 Å². The number of nitrogens with two attached hydrogens (primary N) is 1. The Morgan fingerprint density at radius 2 is 0.641 bits per heavy atom. The Kier molecular flexibility index (Phi) is 8.12. The van der Waals surface area contributed by atoms with Crippen LogP contribution in [0, 0.1) is 0 Å². The molecule has 0 aliphatic carbocycles. The first-order valence-corrected chi connectivity index (χ1v) is 9.05. The highest BCUT2D eigenvalue weighted by Gasteiger charge is 2.97. The van der Waals surface area contributed by atoms with Crippen LogP contribution in [0.25, 0.3) is 0 Å². The van der Waals surface area contributed by atoms with Gasteiger partial charge in [0.1, 0.15) is 0 Å². The molecule has 1 rings (SSSR count). The summed E-state index contributed by atoms with van der Waals surface area (Å²) < 4.78 is 281. The minimum Gasteiger partial charge on any atom is -0.326 e. The number of rotatable bonds is 10. The Hall–Kier alpha value is -2.29. The fourth-order valence-corrected chi connectivity index (χ4v) is 2.59. The number of hydrogen-bond acceptors (Lipinski definition) is 1. The molecule has 0 heterocycles. The van der Waals surface area contributed by atoms with Crippen LogP contribution in [-0.2, 0) is 12.5 Å². The lowest BCUT2D eigenvalue weighted by molar-refractivity contribution is -0.474. The summed E-state index contributed by atoms with van der Waals surface area (Å²) in [6, 6.07) is 0.208.